The molecule has 188 valence electrons. The third-order valence-corrected chi connectivity index (χ3v) is 5.90. The molecule has 3 amide bonds. The number of piperidine rings is 1. The van der Waals surface area contributed by atoms with Gasteiger partial charge in [0, 0.05) is 31.7 Å². The highest BCUT2D eigenvalue weighted by molar-refractivity contribution is 6.34. The van der Waals surface area contributed by atoms with Gasteiger partial charge in [-0.15, -0.1) is 0 Å². The molecule has 3 rings (SSSR count). The molecule has 35 heavy (non-hydrogen) atoms. The molecular formula is C22H24ClF2N5O5. The molecule has 0 atom stereocenters. The van der Waals surface area contributed by atoms with Gasteiger partial charge in [-0.3, -0.25) is 24.3 Å². The van der Waals surface area contributed by atoms with Crippen LogP contribution in [0, 0.1) is 11.6 Å². The van der Waals surface area contributed by atoms with Crippen molar-refractivity contribution in [3.8, 4) is 0 Å². The minimum atomic E-state index is -1.23. The van der Waals surface area contributed by atoms with Gasteiger partial charge < -0.3 is 20.2 Å². The molecule has 1 aliphatic heterocycles. The Balaban J connectivity index is 1.66. The van der Waals surface area contributed by atoms with Crippen molar-refractivity contribution in [3.63, 3.8) is 0 Å². The Morgan fingerprint density at radius 1 is 1.20 bits per heavy atom. The van der Waals surface area contributed by atoms with Crippen molar-refractivity contribution < 1.29 is 33.1 Å². The van der Waals surface area contributed by atoms with Crippen LogP contribution in [0.1, 0.15) is 53.5 Å². The molecule has 2 heterocycles. The molecule has 3 N–H and O–H groups in total. The number of aromatic nitrogens is 2. The first-order valence-electron chi connectivity index (χ1n) is 10.9. The monoisotopic (exact) mass is 511 g/mol. The lowest BCUT2D eigenvalue weighted by Gasteiger charge is -2.38. The van der Waals surface area contributed by atoms with Crippen LogP contribution in [0.4, 0.5) is 14.6 Å². The highest BCUT2D eigenvalue weighted by atomic mass is 35.5. The van der Waals surface area contributed by atoms with E-state index in [-0.39, 0.29) is 34.0 Å². The first-order chi connectivity index (χ1) is 16.6. The third kappa shape index (κ3) is 6.32. The normalized spacial score (nSPS) is 14.0. The van der Waals surface area contributed by atoms with Gasteiger partial charge in [-0.2, -0.15) is 5.10 Å². The number of aromatic amines is 1. The average molecular weight is 512 g/mol. The second kappa shape index (κ2) is 11.3. The van der Waals surface area contributed by atoms with Crippen LogP contribution in [-0.4, -0.2) is 74.5 Å². The Kier molecular flexibility index (Phi) is 8.39. The van der Waals surface area contributed by atoms with E-state index in [1.807, 2.05) is 6.92 Å². The molecule has 2 aromatic rings. The summed E-state index contributed by atoms with van der Waals surface area (Å²) in [5.74, 6) is -5.21. The number of hydrogen-bond acceptors (Lipinski definition) is 5. The summed E-state index contributed by atoms with van der Waals surface area (Å²) < 4.78 is 26.8. The van der Waals surface area contributed by atoms with Crippen LogP contribution in [0.3, 0.4) is 0 Å². The molecule has 0 spiro atoms. The number of rotatable bonds is 8. The van der Waals surface area contributed by atoms with Gasteiger partial charge in [0.1, 0.15) is 12.2 Å². The summed E-state index contributed by atoms with van der Waals surface area (Å²) in [5, 5.41) is 17.4. The van der Waals surface area contributed by atoms with Crippen molar-refractivity contribution in [1.29, 1.82) is 0 Å². The minimum Gasteiger partial charge on any atom is -0.481 e. The molecule has 0 saturated carbocycles. The Bertz CT molecular complexity index is 1130. The third-order valence-electron chi connectivity index (χ3n) is 5.59. The summed E-state index contributed by atoms with van der Waals surface area (Å²) in [6, 6.07) is 2.51. The summed E-state index contributed by atoms with van der Waals surface area (Å²) in [6.07, 6.45) is 1.08. The zero-order chi connectivity index (χ0) is 25.7. The number of H-pyrrole nitrogens is 1. The van der Waals surface area contributed by atoms with Crippen LogP contribution >= 0.6 is 11.6 Å². The number of carbonyl (C=O) groups excluding carboxylic acids is 3. The molecule has 1 aromatic heterocycles. The number of carboxylic acid groups (broad SMARTS) is 1. The number of nitrogens with one attached hydrogen (secondary N) is 2. The van der Waals surface area contributed by atoms with Crippen LogP contribution in [0.2, 0.25) is 5.02 Å². The van der Waals surface area contributed by atoms with E-state index in [4.69, 9.17) is 16.7 Å². The van der Waals surface area contributed by atoms with Crippen LogP contribution < -0.4 is 5.32 Å². The maximum atomic E-state index is 13.5. The second-order valence-electron chi connectivity index (χ2n) is 8.05. The number of aliphatic carboxylic acids is 1. The fraction of sp³-hybridized carbons (Fsp3) is 0.409. The van der Waals surface area contributed by atoms with Gasteiger partial charge in [-0.25, -0.2) is 8.78 Å². The number of nitrogens with zero attached hydrogens (tertiary/aromatic N) is 3. The lowest BCUT2D eigenvalue weighted by Crippen LogP contribution is -2.49. The summed E-state index contributed by atoms with van der Waals surface area (Å²) in [7, 11) is 0. The zero-order valence-electron chi connectivity index (χ0n) is 18.8. The smallest absolute Gasteiger partial charge is 0.312 e. The number of carbonyl (C=O) groups is 4. The first-order valence-corrected chi connectivity index (χ1v) is 11.3. The number of likely N-dealkylation sites (tertiary alicyclic amines) is 1. The van der Waals surface area contributed by atoms with E-state index in [1.165, 1.54) is 11.0 Å². The number of benzene rings is 1. The van der Waals surface area contributed by atoms with E-state index < -0.39 is 35.8 Å². The van der Waals surface area contributed by atoms with E-state index in [2.05, 4.69) is 15.5 Å². The molecule has 10 nitrogen and oxygen atoms in total. The van der Waals surface area contributed by atoms with Crippen molar-refractivity contribution in [3.05, 3.63) is 46.1 Å². The predicted octanol–water partition coefficient (Wildman–Crippen LogP) is 2.91. The molecule has 0 bridgehead atoms. The fourth-order valence-corrected chi connectivity index (χ4v) is 4.12. The SMILES string of the molecule is CCCN(C(=O)c1cc(NC(=O)c2cc(F)c(F)cc2Cl)[nH]n1)C1CCN(C(=O)CC(=O)O)CC1. The molecule has 1 fully saturated rings. The van der Waals surface area contributed by atoms with E-state index in [0.717, 1.165) is 0 Å². The predicted molar refractivity (Wildman–Crippen MR) is 121 cm³/mol. The highest BCUT2D eigenvalue weighted by Crippen LogP contribution is 2.23. The van der Waals surface area contributed by atoms with Crippen molar-refractivity contribution in [1.82, 2.24) is 20.0 Å². The van der Waals surface area contributed by atoms with Gasteiger partial charge in [0.2, 0.25) is 5.91 Å². The highest BCUT2D eigenvalue weighted by Gasteiger charge is 2.31. The van der Waals surface area contributed by atoms with Crippen molar-refractivity contribution in [2.24, 2.45) is 0 Å². The molecule has 1 saturated heterocycles. The lowest BCUT2D eigenvalue weighted by molar-refractivity contribution is -0.144. The zero-order valence-corrected chi connectivity index (χ0v) is 19.6. The van der Waals surface area contributed by atoms with Gasteiger partial charge in [0.05, 0.1) is 10.6 Å². The van der Waals surface area contributed by atoms with Crippen LogP contribution in [-0.2, 0) is 9.59 Å². The van der Waals surface area contributed by atoms with Gasteiger partial charge >= 0.3 is 5.97 Å². The van der Waals surface area contributed by atoms with Crippen molar-refractivity contribution >= 4 is 41.1 Å². The summed E-state index contributed by atoms with van der Waals surface area (Å²) in [4.78, 5) is 51.5. The second-order valence-corrected chi connectivity index (χ2v) is 8.46. The minimum absolute atomic E-state index is 0.0366. The van der Waals surface area contributed by atoms with E-state index in [9.17, 15) is 28.0 Å². The Morgan fingerprint density at radius 3 is 2.49 bits per heavy atom. The van der Waals surface area contributed by atoms with Crippen molar-refractivity contribution in [2.45, 2.75) is 38.6 Å². The largest absolute Gasteiger partial charge is 0.481 e. The molecule has 1 aromatic carbocycles. The van der Waals surface area contributed by atoms with Gasteiger partial charge in [-0.05, 0) is 31.4 Å². The van der Waals surface area contributed by atoms with Crippen LogP contribution in [0.25, 0.3) is 0 Å². The number of hydrogen-bond donors (Lipinski definition) is 3. The maximum Gasteiger partial charge on any atom is 0.312 e. The van der Waals surface area contributed by atoms with Gasteiger partial charge in [0.15, 0.2) is 17.3 Å². The van der Waals surface area contributed by atoms with Crippen LogP contribution in [0.15, 0.2) is 18.2 Å². The topological polar surface area (TPSA) is 136 Å². The fourth-order valence-electron chi connectivity index (χ4n) is 3.89. The van der Waals surface area contributed by atoms with Crippen molar-refractivity contribution in [2.75, 3.05) is 25.0 Å². The maximum absolute atomic E-state index is 13.5. The number of carboxylic acids is 1. The molecule has 1 aliphatic rings. The quantitative estimate of drug-likeness (QED) is 0.368. The Morgan fingerprint density at radius 2 is 1.86 bits per heavy atom. The Hall–Kier alpha value is -3.54. The molecule has 0 radical (unpaired) electrons. The summed E-state index contributed by atoms with van der Waals surface area (Å²) in [6.45, 7) is 3.02. The number of amides is 3. The standard InChI is InChI=1S/C22H24ClF2N5O5/c1-2-5-30(12-3-6-29(7-4-12)19(31)11-20(32)33)22(35)17-10-18(28-27-17)26-21(34)13-8-15(24)16(25)9-14(13)23/h8-10,12H,2-7,11H2,1H3,(H,32,33)(H2,26,27,28,34). The van der Waals surface area contributed by atoms with E-state index >= 15 is 0 Å². The lowest BCUT2D eigenvalue weighted by atomic mass is 10.0. The number of halogens is 3. The molecule has 0 unspecified atom stereocenters. The van der Waals surface area contributed by atoms with E-state index in [1.54, 1.807) is 4.90 Å². The average Bonchev–Trinajstić information content (AvgIpc) is 3.27. The first kappa shape index (κ1) is 26.1. The summed E-state index contributed by atoms with van der Waals surface area (Å²) >= 11 is 5.83. The molecule has 13 heteroatoms. The molecule has 0 aliphatic carbocycles. The van der Waals surface area contributed by atoms with E-state index in [0.29, 0.717) is 51.0 Å². The van der Waals surface area contributed by atoms with Gasteiger partial charge in [0.25, 0.3) is 11.8 Å². The molecular weight excluding hydrogens is 488 g/mol. The Labute approximate surface area is 204 Å². The summed E-state index contributed by atoms with van der Waals surface area (Å²) in [5.41, 5.74) is -0.251. The van der Waals surface area contributed by atoms with Gasteiger partial charge in [-0.1, -0.05) is 18.5 Å². The van der Waals surface area contributed by atoms with Crippen LogP contribution in [0.5, 0.6) is 0 Å². The number of anilines is 1.